The van der Waals surface area contributed by atoms with Gasteiger partial charge in [-0.25, -0.2) is 13.6 Å². The maximum Gasteiger partial charge on any atom is 0.241 e. The fourth-order valence-electron chi connectivity index (χ4n) is 1.69. The number of allylic oxidation sites excluding steroid dienone is 2. The van der Waals surface area contributed by atoms with Crippen molar-refractivity contribution in [2.45, 2.75) is 0 Å². The zero-order chi connectivity index (χ0) is 12.9. The van der Waals surface area contributed by atoms with Gasteiger partial charge in [-0.15, -0.1) is 0 Å². The van der Waals surface area contributed by atoms with Crippen LogP contribution in [-0.4, -0.2) is 52.4 Å². The van der Waals surface area contributed by atoms with E-state index in [1.807, 2.05) is 4.90 Å². The van der Waals surface area contributed by atoms with E-state index in [1.54, 1.807) is 7.05 Å². The molecular weight excluding hydrogens is 240 g/mol. The second-order valence-electron chi connectivity index (χ2n) is 3.60. The van der Waals surface area contributed by atoms with Gasteiger partial charge in [0.25, 0.3) is 0 Å². The summed E-state index contributed by atoms with van der Waals surface area (Å²) in [6.07, 6.45) is 2.77. The first-order valence-electron chi connectivity index (χ1n) is 5.29. The standard InChI is InChI=1S/C10H18N4O2S/c1-3-4-9(17(11,15)16)10(12-2)14-7-5-13-6-8-14/h3-4,13H,1,5-8H2,2H3,(H2,11,15,16)/b9-4+,12-10?. The fraction of sp³-hybridized carbons (Fsp3) is 0.500. The van der Waals surface area contributed by atoms with Gasteiger partial charge in [-0.2, -0.15) is 0 Å². The number of rotatable bonds is 3. The Balaban J connectivity index is 3.07. The van der Waals surface area contributed by atoms with E-state index in [2.05, 4.69) is 16.9 Å². The van der Waals surface area contributed by atoms with E-state index in [0.717, 1.165) is 13.1 Å². The Kier molecular flexibility index (Phi) is 4.86. The molecule has 17 heavy (non-hydrogen) atoms. The number of sulfonamides is 1. The van der Waals surface area contributed by atoms with E-state index >= 15 is 0 Å². The molecule has 0 atom stereocenters. The van der Waals surface area contributed by atoms with Crippen molar-refractivity contribution in [2.24, 2.45) is 10.1 Å². The average molecular weight is 258 g/mol. The molecule has 6 nitrogen and oxygen atoms in total. The van der Waals surface area contributed by atoms with Gasteiger partial charge in [0.1, 0.15) is 10.7 Å². The van der Waals surface area contributed by atoms with Crippen molar-refractivity contribution in [3.8, 4) is 0 Å². The van der Waals surface area contributed by atoms with Crippen LogP contribution in [0.2, 0.25) is 0 Å². The molecule has 0 aromatic rings. The lowest BCUT2D eigenvalue weighted by atomic mass is 10.3. The number of hydrogen-bond acceptors (Lipinski definition) is 4. The molecule has 96 valence electrons. The molecule has 1 rings (SSSR count). The molecule has 0 aliphatic carbocycles. The van der Waals surface area contributed by atoms with Crippen LogP contribution in [0.5, 0.6) is 0 Å². The third kappa shape index (κ3) is 3.65. The Morgan fingerprint density at radius 1 is 1.47 bits per heavy atom. The smallest absolute Gasteiger partial charge is 0.241 e. The number of hydrogen-bond donors (Lipinski definition) is 2. The van der Waals surface area contributed by atoms with E-state index in [0.29, 0.717) is 18.9 Å². The number of piperazine rings is 1. The molecule has 1 aliphatic heterocycles. The molecule has 0 amide bonds. The first-order valence-corrected chi connectivity index (χ1v) is 6.83. The topological polar surface area (TPSA) is 87.8 Å². The largest absolute Gasteiger partial charge is 0.353 e. The van der Waals surface area contributed by atoms with Crippen LogP contribution >= 0.6 is 0 Å². The highest BCUT2D eigenvalue weighted by Gasteiger charge is 2.24. The maximum absolute atomic E-state index is 11.5. The summed E-state index contributed by atoms with van der Waals surface area (Å²) in [5, 5.41) is 8.37. The molecule has 0 aromatic carbocycles. The highest BCUT2D eigenvalue weighted by Crippen LogP contribution is 2.10. The van der Waals surface area contributed by atoms with Crippen LogP contribution in [0.1, 0.15) is 0 Å². The third-order valence-corrected chi connectivity index (χ3v) is 3.36. The number of nitrogens with two attached hydrogens (primary N) is 1. The van der Waals surface area contributed by atoms with E-state index in [9.17, 15) is 8.42 Å². The average Bonchev–Trinajstić information content (AvgIpc) is 2.29. The van der Waals surface area contributed by atoms with Gasteiger partial charge in [-0.3, -0.25) is 4.99 Å². The molecule has 7 heteroatoms. The number of nitrogens with one attached hydrogen (secondary N) is 1. The van der Waals surface area contributed by atoms with Gasteiger partial charge >= 0.3 is 0 Å². The summed E-state index contributed by atoms with van der Waals surface area (Å²) in [6, 6.07) is 0. The summed E-state index contributed by atoms with van der Waals surface area (Å²) in [7, 11) is -2.24. The van der Waals surface area contributed by atoms with Crippen molar-refractivity contribution in [3.63, 3.8) is 0 Å². The first kappa shape index (κ1) is 13.9. The summed E-state index contributed by atoms with van der Waals surface area (Å²) in [5.41, 5.74) is 0. The molecule has 1 saturated heterocycles. The normalized spacial score (nSPS) is 19.3. The van der Waals surface area contributed by atoms with Crippen LogP contribution < -0.4 is 10.5 Å². The molecule has 0 aromatic heterocycles. The van der Waals surface area contributed by atoms with Gasteiger partial charge in [0.2, 0.25) is 10.0 Å². The highest BCUT2D eigenvalue weighted by molar-refractivity contribution is 7.94. The van der Waals surface area contributed by atoms with E-state index < -0.39 is 10.0 Å². The summed E-state index contributed by atoms with van der Waals surface area (Å²) >= 11 is 0. The van der Waals surface area contributed by atoms with Gasteiger partial charge in [0.05, 0.1) is 0 Å². The minimum absolute atomic E-state index is 0.0110. The van der Waals surface area contributed by atoms with Crippen LogP contribution in [0.3, 0.4) is 0 Å². The second kappa shape index (κ2) is 5.95. The van der Waals surface area contributed by atoms with Crippen molar-refractivity contribution in [1.82, 2.24) is 10.2 Å². The van der Waals surface area contributed by atoms with E-state index in [4.69, 9.17) is 5.14 Å². The number of nitrogens with zero attached hydrogens (tertiary/aromatic N) is 2. The van der Waals surface area contributed by atoms with Crippen molar-refractivity contribution in [3.05, 3.63) is 23.6 Å². The minimum atomic E-state index is -3.79. The van der Waals surface area contributed by atoms with Crippen molar-refractivity contribution >= 4 is 15.9 Å². The molecule has 0 radical (unpaired) electrons. The van der Waals surface area contributed by atoms with Crippen LogP contribution in [-0.2, 0) is 10.0 Å². The molecule has 0 unspecified atom stereocenters. The zero-order valence-corrected chi connectivity index (χ0v) is 10.7. The summed E-state index contributed by atoms with van der Waals surface area (Å²) in [4.78, 5) is 5.95. The first-order chi connectivity index (χ1) is 8.00. The summed E-state index contributed by atoms with van der Waals surface area (Å²) < 4.78 is 23.0. The van der Waals surface area contributed by atoms with E-state index in [-0.39, 0.29) is 4.91 Å². The van der Waals surface area contributed by atoms with Gasteiger partial charge < -0.3 is 10.2 Å². The van der Waals surface area contributed by atoms with Crippen LogP contribution in [0.25, 0.3) is 0 Å². The van der Waals surface area contributed by atoms with Gasteiger partial charge in [-0.05, 0) is 6.08 Å². The van der Waals surface area contributed by atoms with Crippen LogP contribution in [0, 0.1) is 0 Å². The number of amidine groups is 1. The molecule has 0 bridgehead atoms. The van der Waals surface area contributed by atoms with Gasteiger partial charge in [0.15, 0.2) is 0 Å². The summed E-state index contributed by atoms with van der Waals surface area (Å²) in [6.45, 7) is 6.50. The van der Waals surface area contributed by atoms with Gasteiger partial charge in [-0.1, -0.05) is 12.7 Å². The van der Waals surface area contributed by atoms with Crippen molar-refractivity contribution in [1.29, 1.82) is 0 Å². The van der Waals surface area contributed by atoms with E-state index in [1.165, 1.54) is 12.2 Å². The Morgan fingerprint density at radius 3 is 2.47 bits per heavy atom. The highest BCUT2D eigenvalue weighted by atomic mass is 32.2. The number of aliphatic imine (C=N–C) groups is 1. The third-order valence-electron chi connectivity index (χ3n) is 2.42. The van der Waals surface area contributed by atoms with Gasteiger partial charge in [0, 0.05) is 33.2 Å². The lowest BCUT2D eigenvalue weighted by Gasteiger charge is -2.30. The molecule has 1 aliphatic rings. The molecule has 0 saturated carbocycles. The maximum atomic E-state index is 11.5. The molecule has 0 spiro atoms. The Bertz CT molecular complexity index is 433. The van der Waals surface area contributed by atoms with Crippen molar-refractivity contribution in [2.75, 3.05) is 33.2 Å². The predicted molar refractivity (Wildman–Crippen MR) is 69.2 cm³/mol. The lowest BCUT2D eigenvalue weighted by Crippen LogP contribution is -2.48. The summed E-state index contributed by atoms with van der Waals surface area (Å²) in [5.74, 6) is 0.397. The quantitative estimate of drug-likeness (QED) is 0.397. The molecular formula is C10H18N4O2S. The lowest BCUT2D eigenvalue weighted by molar-refractivity contribution is 0.358. The Hall–Kier alpha value is -1.18. The molecule has 1 heterocycles. The predicted octanol–water partition coefficient (Wildman–Crippen LogP) is -0.722. The Labute approximate surface area is 102 Å². The van der Waals surface area contributed by atoms with Crippen LogP contribution in [0.15, 0.2) is 28.6 Å². The van der Waals surface area contributed by atoms with Crippen molar-refractivity contribution < 1.29 is 8.42 Å². The SMILES string of the molecule is C=C/C=C(\C(=NC)N1CCNCC1)S(N)(=O)=O. The Morgan fingerprint density at radius 2 is 2.06 bits per heavy atom. The fourth-order valence-corrected chi connectivity index (χ4v) is 2.45. The second-order valence-corrected chi connectivity index (χ2v) is 5.13. The monoisotopic (exact) mass is 258 g/mol. The van der Waals surface area contributed by atoms with Crippen LogP contribution in [0.4, 0.5) is 0 Å². The minimum Gasteiger partial charge on any atom is -0.353 e. The molecule has 1 fully saturated rings. The number of primary sulfonamides is 1. The zero-order valence-electron chi connectivity index (χ0n) is 9.89. The molecule has 3 N–H and O–H groups in total.